The normalized spacial score (nSPS) is 11.6. The van der Waals surface area contributed by atoms with Gasteiger partial charge in [-0.3, -0.25) is 0 Å². The van der Waals surface area contributed by atoms with Crippen molar-refractivity contribution in [3.8, 4) is 0 Å². The lowest BCUT2D eigenvalue weighted by molar-refractivity contribution is 0.423. The van der Waals surface area contributed by atoms with Gasteiger partial charge in [0.25, 0.3) is 0 Å². The molecular weight excluding hydrogens is 326 g/mol. The Morgan fingerprint density at radius 1 is 0.320 bits per heavy atom. The summed E-state index contributed by atoms with van der Waals surface area (Å²) in [6.45, 7) is 0. The second kappa shape index (κ2) is 5.17. The number of rotatable bonds is 2. The van der Waals surface area contributed by atoms with E-state index in [1.165, 1.54) is 0 Å². The van der Waals surface area contributed by atoms with Gasteiger partial charge in [0.05, 0.1) is 34.1 Å². The standard InChI is InChI=1S/C12H24N13/c13-1-3(15)7(19)11(8(20)4(1)16)25(23,24)12-9(21)5(17)2(14)6(18)10(12)22/h13-24H2/q+1. The minimum atomic E-state index is -1.13. The molecule has 0 unspecified atom stereocenters. The summed E-state index contributed by atoms with van der Waals surface area (Å²) >= 11 is 0. The first kappa shape index (κ1) is 17.7. The van der Waals surface area contributed by atoms with Gasteiger partial charge in [0, 0.05) is 0 Å². The number of benzene rings is 2. The van der Waals surface area contributed by atoms with Crippen LogP contribution in [0.4, 0.5) is 68.2 Å². The van der Waals surface area contributed by atoms with Crippen LogP contribution in [0.5, 0.6) is 0 Å². The molecule has 0 fully saturated rings. The maximum Gasteiger partial charge on any atom is 0.227 e. The van der Waals surface area contributed by atoms with Crippen molar-refractivity contribution in [3.63, 3.8) is 0 Å². The van der Waals surface area contributed by atoms with Crippen LogP contribution in [0.25, 0.3) is 0 Å². The van der Waals surface area contributed by atoms with E-state index >= 15 is 0 Å². The van der Waals surface area contributed by atoms with Gasteiger partial charge >= 0.3 is 0 Å². The average Bonchev–Trinajstić information content (AvgIpc) is 2.54. The summed E-state index contributed by atoms with van der Waals surface area (Å²) in [6.07, 6.45) is 0. The van der Waals surface area contributed by atoms with Crippen LogP contribution in [0.3, 0.4) is 0 Å². The number of hydrogen-bond donors (Lipinski definition) is 12. The number of anilines is 10. The van der Waals surface area contributed by atoms with Crippen molar-refractivity contribution in [3.05, 3.63) is 0 Å². The smallest absolute Gasteiger partial charge is 0.227 e. The van der Waals surface area contributed by atoms with Crippen LogP contribution >= 0.6 is 0 Å². The Kier molecular flexibility index (Phi) is 3.65. The van der Waals surface area contributed by atoms with E-state index in [9.17, 15) is 0 Å². The Morgan fingerprint density at radius 2 is 0.480 bits per heavy atom. The summed E-state index contributed by atoms with van der Waals surface area (Å²) in [5, 5.41) is 0. The highest BCUT2D eigenvalue weighted by Crippen LogP contribution is 2.52. The van der Waals surface area contributed by atoms with Crippen molar-refractivity contribution < 1.29 is 0 Å². The van der Waals surface area contributed by atoms with E-state index in [1.807, 2.05) is 0 Å². The molecule has 0 saturated heterocycles. The summed E-state index contributed by atoms with van der Waals surface area (Å²) < 4.78 is -1.13. The van der Waals surface area contributed by atoms with Gasteiger partial charge in [-0.25, -0.2) is 0 Å². The molecule has 13 nitrogen and oxygen atoms in total. The topological polar surface area (TPSA) is 312 Å². The molecule has 136 valence electrons. The number of nitrogens with zero attached hydrogens (tertiary/aromatic N) is 1. The molecule has 2 rings (SSSR count). The number of nitrogens with two attached hydrogens (primary N) is 12. The molecule has 0 radical (unpaired) electrons. The summed E-state index contributed by atoms with van der Waals surface area (Å²) in [4.78, 5) is 0. The predicted octanol–water partition coefficient (Wildman–Crippen LogP) is -2.11. The van der Waals surface area contributed by atoms with E-state index in [1.54, 1.807) is 0 Å². The predicted molar refractivity (Wildman–Crippen MR) is 107 cm³/mol. The third-order valence-corrected chi connectivity index (χ3v) is 4.08. The molecule has 0 aliphatic heterocycles. The number of quaternary nitrogens is 1. The number of hydrogen-bond acceptors (Lipinski definition) is 12. The van der Waals surface area contributed by atoms with Crippen LogP contribution in [-0.4, -0.2) is 0 Å². The third-order valence-electron chi connectivity index (χ3n) is 4.08. The molecule has 0 saturated carbocycles. The van der Waals surface area contributed by atoms with E-state index in [2.05, 4.69) is 0 Å². The van der Waals surface area contributed by atoms with Gasteiger partial charge in [-0.1, -0.05) is 0 Å². The van der Waals surface area contributed by atoms with Crippen molar-refractivity contribution in [2.24, 2.45) is 11.7 Å². The molecule has 2 aromatic rings. The average molecular weight is 350 g/mol. The molecule has 0 heterocycles. The fraction of sp³-hybridized carbons (Fsp3) is 0. The zero-order valence-electron chi connectivity index (χ0n) is 13.4. The van der Waals surface area contributed by atoms with Crippen LogP contribution in [0.15, 0.2) is 0 Å². The highest BCUT2D eigenvalue weighted by Gasteiger charge is 2.40. The third kappa shape index (κ3) is 2.15. The molecule has 0 aromatic heterocycles. The van der Waals surface area contributed by atoms with E-state index in [-0.39, 0.29) is 68.2 Å². The molecule has 0 bridgehead atoms. The Hall–Kier alpha value is -3.68. The molecule has 0 atom stereocenters. The van der Waals surface area contributed by atoms with Crippen molar-refractivity contribution >= 4 is 68.2 Å². The molecule has 25 heavy (non-hydrogen) atoms. The minimum Gasteiger partial charge on any atom is -0.395 e. The van der Waals surface area contributed by atoms with Gasteiger partial charge in [-0.15, -0.1) is 4.70 Å². The van der Waals surface area contributed by atoms with Crippen LogP contribution in [-0.2, 0) is 0 Å². The molecule has 0 aliphatic rings. The maximum absolute atomic E-state index is 6.23. The molecule has 24 N–H and O–H groups in total. The fourth-order valence-corrected chi connectivity index (χ4v) is 2.58. The summed E-state index contributed by atoms with van der Waals surface area (Å²) in [6, 6.07) is 0. The molecular formula is C12H24N13+. The number of nitrogen functional groups attached to an aromatic ring is 10. The fourth-order valence-electron chi connectivity index (χ4n) is 2.58. The lowest BCUT2D eigenvalue weighted by atomic mass is 10.1. The van der Waals surface area contributed by atoms with Crippen LogP contribution in [0.2, 0.25) is 0 Å². The molecule has 0 spiro atoms. The van der Waals surface area contributed by atoms with Crippen LogP contribution < -0.4 is 73.7 Å². The van der Waals surface area contributed by atoms with Crippen molar-refractivity contribution in [2.75, 3.05) is 57.3 Å². The van der Waals surface area contributed by atoms with Gasteiger partial charge in [-0.2, -0.15) is 11.7 Å². The van der Waals surface area contributed by atoms with Gasteiger partial charge in [-0.05, 0) is 0 Å². The van der Waals surface area contributed by atoms with Gasteiger partial charge in [0.1, 0.15) is 22.7 Å². The maximum atomic E-state index is 6.23. The Labute approximate surface area is 142 Å². The van der Waals surface area contributed by atoms with Crippen molar-refractivity contribution in [1.29, 1.82) is 0 Å². The quantitative estimate of drug-likeness (QED) is 0.120. The summed E-state index contributed by atoms with van der Waals surface area (Å²) in [5.74, 6) is 12.5. The Morgan fingerprint density at radius 3 is 0.680 bits per heavy atom. The zero-order chi connectivity index (χ0) is 19.4. The molecule has 0 aliphatic carbocycles. The SMILES string of the molecule is Nc1c(N)c(N)c([N+](N)(N)c2c(N)c(N)c(N)c(N)c2N)c(N)c1N. The van der Waals surface area contributed by atoms with E-state index in [4.69, 9.17) is 69.0 Å². The van der Waals surface area contributed by atoms with Gasteiger partial charge < -0.3 is 57.3 Å². The van der Waals surface area contributed by atoms with Crippen molar-refractivity contribution in [2.45, 2.75) is 0 Å². The van der Waals surface area contributed by atoms with E-state index in [0.29, 0.717) is 0 Å². The monoisotopic (exact) mass is 350 g/mol. The lowest BCUT2D eigenvalue weighted by Gasteiger charge is -2.31. The van der Waals surface area contributed by atoms with E-state index < -0.39 is 4.70 Å². The first-order chi connectivity index (χ1) is 11.4. The lowest BCUT2D eigenvalue weighted by Crippen LogP contribution is -2.59. The van der Waals surface area contributed by atoms with E-state index in [0.717, 1.165) is 0 Å². The molecule has 2 aromatic carbocycles. The first-order valence-electron chi connectivity index (χ1n) is 6.85. The van der Waals surface area contributed by atoms with Gasteiger partial charge in [0.2, 0.25) is 11.4 Å². The second-order valence-corrected chi connectivity index (χ2v) is 5.61. The second-order valence-electron chi connectivity index (χ2n) is 5.61. The largest absolute Gasteiger partial charge is 0.395 e. The highest BCUT2D eigenvalue weighted by molar-refractivity contribution is 6.08. The first-order valence-corrected chi connectivity index (χ1v) is 6.85. The van der Waals surface area contributed by atoms with Gasteiger partial charge in [0.15, 0.2) is 0 Å². The Bertz CT molecular complexity index is 756. The zero-order valence-corrected chi connectivity index (χ0v) is 13.4. The Balaban J connectivity index is 2.96. The summed E-state index contributed by atoms with van der Waals surface area (Å²) in [7, 11) is 0. The van der Waals surface area contributed by atoms with Crippen LogP contribution in [0.1, 0.15) is 0 Å². The summed E-state index contributed by atoms with van der Waals surface area (Å²) in [5.41, 5.74) is 58.2. The molecule has 13 heteroatoms. The van der Waals surface area contributed by atoms with Crippen LogP contribution in [0, 0.1) is 0 Å². The van der Waals surface area contributed by atoms with Crippen molar-refractivity contribution in [1.82, 2.24) is 4.70 Å². The highest BCUT2D eigenvalue weighted by atomic mass is 15.8. The molecule has 0 amide bonds. The minimum absolute atomic E-state index is 0.00368.